The molecule has 2 rings (SSSR count). The number of amides is 1. The van der Waals surface area contributed by atoms with Crippen molar-refractivity contribution in [2.45, 2.75) is 26.8 Å². The Morgan fingerprint density at radius 1 is 1.19 bits per heavy atom. The molecule has 9 heteroatoms. The van der Waals surface area contributed by atoms with Gasteiger partial charge in [-0.15, -0.1) is 0 Å². The van der Waals surface area contributed by atoms with Crippen LogP contribution in [-0.2, 0) is 20.9 Å². The van der Waals surface area contributed by atoms with Crippen LogP contribution in [0.4, 0.5) is 11.5 Å². The van der Waals surface area contributed by atoms with Gasteiger partial charge in [0.1, 0.15) is 5.82 Å². The minimum atomic E-state index is -0.779. The van der Waals surface area contributed by atoms with Crippen LogP contribution in [0.15, 0.2) is 39.9 Å². The second-order valence-electron chi connectivity index (χ2n) is 5.72. The van der Waals surface area contributed by atoms with E-state index in [0.29, 0.717) is 0 Å². The van der Waals surface area contributed by atoms with E-state index in [1.807, 2.05) is 30.3 Å². The van der Waals surface area contributed by atoms with E-state index in [-0.39, 0.29) is 31.0 Å². The van der Waals surface area contributed by atoms with Crippen molar-refractivity contribution in [3.8, 4) is 0 Å². The number of carbonyl (C=O) groups is 2. The van der Waals surface area contributed by atoms with Gasteiger partial charge in [0, 0.05) is 13.0 Å². The van der Waals surface area contributed by atoms with Crippen LogP contribution in [0.1, 0.15) is 25.8 Å². The zero-order chi connectivity index (χ0) is 20.0. The summed E-state index contributed by atoms with van der Waals surface area (Å²) in [5.74, 6) is -1.28. The molecular weight excluding hydrogens is 352 g/mol. The monoisotopic (exact) mass is 374 g/mol. The lowest BCUT2D eigenvalue weighted by Crippen LogP contribution is -2.42. The summed E-state index contributed by atoms with van der Waals surface area (Å²) in [5, 5.41) is 0. The van der Waals surface area contributed by atoms with E-state index in [9.17, 15) is 19.2 Å². The summed E-state index contributed by atoms with van der Waals surface area (Å²) in [6, 6.07) is 9.08. The van der Waals surface area contributed by atoms with Gasteiger partial charge >= 0.3 is 11.7 Å². The maximum absolute atomic E-state index is 12.4. The average molecular weight is 374 g/mol. The first kappa shape index (κ1) is 20.0. The van der Waals surface area contributed by atoms with Crippen LogP contribution in [0.5, 0.6) is 0 Å². The Labute approximate surface area is 155 Å². The van der Waals surface area contributed by atoms with E-state index in [1.54, 1.807) is 13.8 Å². The number of carbonyl (C=O) groups excluding carboxylic acids is 2. The van der Waals surface area contributed by atoms with Crippen molar-refractivity contribution in [3.63, 3.8) is 0 Å². The number of likely N-dealkylation sites (N-methyl/N-ethyl adjacent to an activating group) is 1. The molecule has 0 bridgehead atoms. The summed E-state index contributed by atoms with van der Waals surface area (Å²) in [6.07, 6.45) is 0.129. The maximum atomic E-state index is 12.4. The van der Waals surface area contributed by atoms with Crippen LogP contribution in [-0.4, -0.2) is 34.6 Å². The summed E-state index contributed by atoms with van der Waals surface area (Å²) in [7, 11) is 0. The van der Waals surface area contributed by atoms with Gasteiger partial charge in [0.25, 0.3) is 11.5 Å². The molecule has 0 saturated carbocycles. The molecule has 0 radical (unpaired) electrons. The van der Waals surface area contributed by atoms with Gasteiger partial charge in [0.05, 0.1) is 6.54 Å². The number of rotatable bonds is 7. The Bertz CT molecular complexity index is 933. The van der Waals surface area contributed by atoms with E-state index >= 15 is 0 Å². The minimum absolute atomic E-state index is 0.110. The highest BCUT2D eigenvalue weighted by Crippen LogP contribution is 2.17. The third-order valence-electron chi connectivity index (χ3n) is 3.93. The number of aromatic amines is 1. The Morgan fingerprint density at radius 2 is 1.85 bits per heavy atom. The standard InChI is InChI=1S/C18H22N4O5/c1-3-14(24)27-11-13(23)21(4-2)15-16(19)22(18(26)20-17(15)25)10-12-8-6-5-7-9-12/h5-9H,3-4,10-11,19H2,1-2H3,(H,20,25,26). The molecule has 3 N–H and O–H groups in total. The van der Waals surface area contributed by atoms with Crippen LogP contribution in [0, 0.1) is 0 Å². The van der Waals surface area contributed by atoms with Gasteiger partial charge in [-0.3, -0.25) is 23.9 Å². The fraction of sp³-hybridized carbons (Fsp3) is 0.333. The van der Waals surface area contributed by atoms with E-state index < -0.39 is 29.7 Å². The highest BCUT2D eigenvalue weighted by atomic mass is 16.5. The van der Waals surface area contributed by atoms with Crippen molar-refractivity contribution in [3.05, 3.63) is 56.7 Å². The molecule has 9 nitrogen and oxygen atoms in total. The highest BCUT2D eigenvalue weighted by Gasteiger charge is 2.23. The second-order valence-corrected chi connectivity index (χ2v) is 5.72. The summed E-state index contributed by atoms with van der Waals surface area (Å²) < 4.78 is 6.02. The van der Waals surface area contributed by atoms with Gasteiger partial charge in [-0.1, -0.05) is 37.3 Å². The SMILES string of the molecule is CCC(=O)OCC(=O)N(CC)c1c(N)n(Cc2ccccc2)c(=O)[nH]c1=O. The minimum Gasteiger partial charge on any atom is -0.456 e. The number of hydrogen-bond donors (Lipinski definition) is 2. The number of nitrogen functional groups attached to an aromatic ring is 1. The molecule has 1 heterocycles. The fourth-order valence-corrected chi connectivity index (χ4v) is 2.54. The van der Waals surface area contributed by atoms with Crippen molar-refractivity contribution in [1.82, 2.24) is 9.55 Å². The number of hydrogen-bond acceptors (Lipinski definition) is 6. The van der Waals surface area contributed by atoms with Crippen molar-refractivity contribution < 1.29 is 14.3 Å². The Hall–Kier alpha value is -3.36. The first-order chi connectivity index (χ1) is 12.9. The zero-order valence-corrected chi connectivity index (χ0v) is 15.2. The molecule has 144 valence electrons. The molecule has 0 aliphatic carbocycles. The summed E-state index contributed by atoms with van der Waals surface area (Å²) in [6.45, 7) is 2.97. The molecule has 0 spiro atoms. The van der Waals surface area contributed by atoms with Gasteiger partial charge < -0.3 is 15.4 Å². The van der Waals surface area contributed by atoms with Gasteiger partial charge in [0.2, 0.25) is 0 Å². The number of nitrogens with zero attached hydrogens (tertiary/aromatic N) is 2. The Kier molecular flexibility index (Phi) is 6.53. The largest absolute Gasteiger partial charge is 0.456 e. The number of ether oxygens (including phenoxy) is 1. The van der Waals surface area contributed by atoms with Crippen molar-refractivity contribution >= 4 is 23.4 Å². The van der Waals surface area contributed by atoms with Crippen LogP contribution in [0.25, 0.3) is 0 Å². The van der Waals surface area contributed by atoms with Crippen molar-refractivity contribution in [2.24, 2.45) is 0 Å². The van der Waals surface area contributed by atoms with Crippen LogP contribution < -0.4 is 21.9 Å². The summed E-state index contributed by atoms with van der Waals surface area (Å²) in [5.41, 5.74) is 5.27. The summed E-state index contributed by atoms with van der Waals surface area (Å²) >= 11 is 0. The zero-order valence-electron chi connectivity index (χ0n) is 15.2. The molecule has 0 unspecified atom stereocenters. The fourth-order valence-electron chi connectivity index (χ4n) is 2.54. The summed E-state index contributed by atoms with van der Waals surface area (Å²) in [4.78, 5) is 51.5. The second kappa shape index (κ2) is 8.84. The number of nitrogens with two attached hydrogens (primary N) is 1. The van der Waals surface area contributed by atoms with Gasteiger partial charge in [0.15, 0.2) is 12.3 Å². The van der Waals surface area contributed by atoms with E-state index in [1.165, 1.54) is 4.57 Å². The van der Waals surface area contributed by atoms with Gasteiger partial charge in [-0.25, -0.2) is 4.79 Å². The lowest BCUT2D eigenvalue weighted by molar-refractivity contribution is -0.147. The number of benzene rings is 1. The quantitative estimate of drug-likeness (QED) is 0.678. The molecule has 27 heavy (non-hydrogen) atoms. The van der Waals surface area contributed by atoms with Crippen molar-refractivity contribution in [1.29, 1.82) is 0 Å². The van der Waals surface area contributed by atoms with Crippen molar-refractivity contribution in [2.75, 3.05) is 23.8 Å². The third kappa shape index (κ3) is 4.63. The predicted molar refractivity (Wildman–Crippen MR) is 101 cm³/mol. The number of esters is 1. The molecule has 1 amide bonds. The maximum Gasteiger partial charge on any atom is 0.330 e. The lowest BCUT2D eigenvalue weighted by Gasteiger charge is -2.23. The number of aromatic nitrogens is 2. The molecule has 0 aliphatic heterocycles. The lowest BCUT2D eigenvalue weighted by atomic mass is 10.2. The van der Waals surface area contributed by atoms with Gasteiger partial charge in [-0.05, 0) is 12.5 Å². The molecular formula is C18H22N4O5. The molecule has 0 atom stereocenters. The van der Waals surface area contributed by atoms with Gasteiger partial charge in [-0.2, -0.15) is 0 Å². The highest BCUT2D eigenvalue weighted by molar-refractivity contribution is 5.97. The molecule has 1 aromatic heterocycles. The number of H-pyrrole nitrogens is 1. The van der Waals surface area contributed by atoms with Crippen LogP contribution >= 0.6 is 0 Å². The molecule has 0 saturated heterocycles. The first-order valence-corrected chi connectivity index (χ1v) is 8.51. The Morgan fingerprint density at radius 3 is 2.44 bits per heavy atom. The first-order valence-electron chi connectivity index (χ1n) is 8.51. The number of nitrogens with one attached hydrogen (secondary N) is 1. The topological polar surface area (TPSA) is 127 Å². The normalized spacial score (nSPS) is 10.4. The average Bonchev–Trinajstić information content (AvgIpc) is 2.66. The molecule has 1 aromatic carbocycles. The van der Waals surface area contributed by atoms with E-state index in [2.05, 4.69) is 4.98 Å². The molecule has 0 fully saturated rings. The van der Waals surface area contributed by atoms with E-state index in [4.69, 9.17) is 10.5 Å². The van der Waals surface area contributed by atoms with E-state index in [0.717, 1.165) is 10.5 Å². The third-order valence-corrected chi connectivity index (χ3v) is 3.93. The molecule has 0 aliphatic rings. The Balaban J connectivity index is 2.41. The predicted octanol–water partition coefficient (Wildman–Crippen LogP) is 0.473. The van der Waals surface area contributed by atoms with Crippen LogP contribution in [0.2, 0.25) is 0 Å². The molecule has 2 aromatic rings. The smallest absolute Gasteiger partial charge is 0.330 e. The number of anilines is 2. The van der Waals surface area contributed by atoms with Crippen LogP contribution in [0.3, 0.4) is 0 Å².